The molecule has 0 atom stereocenters. The molecule has 1 aliphatic heterocycles. The topological polar surface area (TPSA) is 103 Å². The van der Waals surface area contributed by atoms with Crippen molar-refractivity contribution in [1.29, 1.82) is 0 Å². The molecule has 2 amide bonds. The van der Waals surface area contributed by atoms with Gasteiger partial charge in [0, 0.05) is 6.04 Å². The minimum absolute atomic E-state index is 0.00684. The highest BCUT2D eigenvalue weighted by atomic mass is 16.6. The van der Waals surface area contributed by atoms with E-state index in [0.29, 0.717) is 6.61 Å². The Bertz CT molecular complexity index is 405. The molecule has 0 aromatic heterocycles. The van der Waals surface area contributed by atoms with Crippen molar-refractivity contribution < 1.29 is 28.6 Å². The third-order valence-corrected chi connectivity index (χ3v) is 2.08. The Hall–Kier alpha value is -2.25. The highest BCUT2D eigenvalue weighted by molar-refractivity contribution is 5.89. The van der Waals surface area contributed by atoms with E-state index in [9.17, 15) is 14.4 Å². The molecular formula is C12H18N2O6. The number of carbonyl (C=O) groups is 3. The molecule has 1 heterocycles. The van der Waals surface area contributed by atoms with Gasteiger partial charge in [-0.05, 0) is 13.8 Å². The largest absolute Gasteiger partial charge is 0.493 e. The lowest BCUT2D eigenvalue weighted by Gasteiger charge is -2.14. The Kier molecular flexibility index (Phi) is 6.34. The molecule has 112 valence electrons. The van der Waals surface area contributed by atoms with E-state index >= 15 is 0 Å². The van der Waals surface area contributed by atoms with Gasteiger partial charge in [0.15, 0.2) is 6.61 Å². The van der Waals surface area contributed by atoms with E-state index in [2.05, 4.69) is 10.6 Å². The fourth-order valence-corrected chi connectivity index (χ4v) is 1.28. The summed E-state index contributed by atoms with van der Waals surface area (Å²) < 4.78 is 14.6. The van der Waals surface area contributed by atoms with E-state index in [1.807, 2.05) is 13.8 Å². The highest BCUT2D eigenvalue weighted by Crippen LogP contribution is 2.05. The van der Waals surface area contributed by atoms with E-state index in [-0.39, 0.29) is 30.9 Å². The zero-order valence-corrected chi connectivity index (χ0v) is 11.4. The molecule has 0 unspecified atom stereocenters. The summed E-state index contributed by atoms with van der Waals surface area (Å²) in [6, 6.07) is -0.00684. The first-order valence-corrected chi connectivity index (χ1v) is 6.17. The third kappa shape index (κ3) is 6.07. The monoisotopic (exact) mass is 286 g/mol. The van der Waals surface area contributed by atoms with Crippen LogP contribution in [0, 0.1) is 0 Å². The third-order valence-electron chi connectivity index (χ3n) is 2.08. The Balaban J connectivity index is 2.21. The van der Waals surface area contributed by atoms with E-state index in [1.54, 1.807) is 0 Å². The van der Waals surface area contributed by atoms with Gasteiger partial charge in [-0.3, -0.25) is 9.59 Å². The lowest BCUT2D eigenvalue weighted by Crippen LogP contribution is -2.41. The zero-order chi connectivity index (χ0) is 15.0. The number of esters is 1. The highest BCUT2D eigenvalue weighted by Gasteiger charge is 2.18. The molecule has 0 saturated heterocycles. The van der Waals surface area contributed by atoms with Crippen molar-refractivity contribution in [3.63, 3.8) is 0 Å². The second kappa shape index (κ2) is 8.03. The molecular weight excluding hydrogens is 268 g/mol. The van der Waals surface area contributed by atoms with Gasteiger partial charge in [0.2, 0.25) is 11.7 Å². The summed E-state index contributed by atoms with van der Waals surface area (Å²) >= 11 is 0. The molecule has 0 aromatic rings. The number of hydrogen-bond donors (Lipinski definition) is 2. The van der Waals surface area contributed by atoms with Crippen LogP contribution in [0.25, 0.3) is 0 Å². The maximum atomic E-state index is 11.4. The van der Waals surface area contributed by atoms with Gasteiger partial charge in [-0.2, -0.15) is 0 Å². The molecule has 0 aromatic carbocycles. The van der Waals surface area contributed by atoms with Gasteiger partial charge >= 0.3 is 5.97 Å². The minimum atomic E-state index is -0.786. The average Bonchev–Trinajstić information content (AvgIpc) is 2.42. The predicted molar refractivity (Wildman–Crippen MR) is 67.2 cm³/mol. The van der Waals surface area contributed by atoms with Crippen molar-refractivity contribution in [2.45, 2.75) is 19.9 Å². The average molecular weight is 286 g/mol. The van der Waals surface area contributed by atoms with Crippen molar-refractivity contribution in [2.75, 3.05) is 26.4 Å². The first-order chi connectivity index (χ1) is 9.49. The van der Waals surface area contributed by atoms with Crippen molar-refractivity contribution in [2.24, 2.45) is 0 Å². The smallest absolute Gasteiger partial charge is 0.377 e. The maximum Gasteiger partial charge on any atom is 0.377 e. The molecule has 20 heavy (non-hydrogen) atoms. The summed E-state index contributed by atoms with van der Waals surface area (Å²) in [5, 5.41) is 4.93. The Labute approximate surface area is 116 Å². The summed E-state index contributed by atoms with van der Waals surface area (Å²) in [5.41, 5.74) is 0. The Morgan fingerprint density at radius 3 is 2.65 bits per heavy atom. The van der Waals surface area contributed by atoms with E-state index in [0.717, 1.165) is 6.26 Å². The van der Waals surface area contributed by atoms with Crippen LogP contribution >= 0.6 is 0 Å². The van der Waals surface area contributed by atoms with Crippen LogP contribution in [0.5, 0.6) is 0 Å². The van der Waals surface area contributed by atoms with Crippen LogP contribution in [0.1, 0.15) is 13.8 Å². The van der Waals surface area contributed by atoms with Crippen molar-refractivity contribution in [1.82, 2.24) is 10.6 Å². The molecule has 2 N–H and O–H groups in total. The maximum absolute atomic E-state index is 11.4. The first-order valence-electron chi connectivity index (χ1n) is 6.17. The lowest BCUT2D eigenvalue weighted by atomic mass is 10.4. The van der Waals surface area contributed by atoms with Crippen molar-refractivity contribution >= 4 is 17.8 Å². The van der Waals surface area contributed by atoms with Crippen molar-refractivity contribution in [3.8, 4) is 0 Å². The molecule has 0 saturated carbocycles. The van der Waals surface area contributed by atoms with E-state index in [1.165, 1.54) is 0 Å². The van der Waals surface area contributed by atoms with Crippen LogP contribution in [0.2, 0.25) is 0 Å². The van der Waals surface area contributed by atoms with Crippen LogP contribution < -0.4 is 10.6 Å². The number of hydrogen-bond acceptors (Lipinski definition) is 6. The summed E-state index contributed by atoms with van der Waals surface area (Å²) in [6.45, 7) is 3.57. The first kappa shape index (κ1) is 15.8. The van der Waals surface area contributed by atoms with Crippen LogP contribution in [0.4, 0.5) is 0 Å². The fraction of sp³-hybridized carbons (Fsp3) is 0.583. The van der Waals surface area contributed by atoms with Crippen LogP contribution in [-0.4, -0.2) is 50.2 Å². The molecule has 0 bridgehead atoms. The summed E-state index contributed by atoms with van der Waals surface area (Å²) in [4.78, 5) is 34.1. The molecule has 0 aliphatic carbocycles. The summed E-state index contributed by atoms with van der Waals surface area (Å²) in [5.74, 6) is -1.76. The van der Waals surface area contributed by atoms with Gasteiger partial charge in [-0.15, -0.1) is 0 Å². The zero-order valence-electron chi connectivity index (χ0n) is 11.4. The molecule has 1 aliphatic rings. The van der Waals surface area contributed by atoms with E-state index in [4.69, 9.17) is 14.2 Å². The molecule has 0 fully saturated rings. The normalized spacial score (nSPS) is 13.7. The van der Waals surface area contributed by atoms with Crippen LogP contribution in [0.3, 0.4) is 0 Å². The molecule has 8 heteroatoms. The van der Waals surface area contributed by atoms with Crippen LogP contribution in [-0.2, 0) is 28.6 Å². The number of amides is 2. The standard InChI is InChI=1S/C12H18N2O6/c1-8(2)14-10(15)5-13-11(16)7-20-12(17)9-6-18-3-4-19-9/h6,8H,3-5,7H2,1-2H3,(H,13,16)(H,14,15). The summed E-state index contributed by atoms with van der Waals surface area (Å²) in [7, 11) is 0. The molecule has 0 spiro atoms. The van der Waals surface area contributed by atoms with Gasteiger partial charge in [-0.1, -0.05) is 0 Å². The molecule has 8 nitrogen and oxygen atoms in total. The second-order valence-corrected chi connectivity index (χ2v) is 4.28. The Morgan fingerprint density at radius 2 is 2.05 bits per heavy atom. The number of rotatable bonds is 6. The number of nitrogens with one attached hydrogen (secondary N) is 2. The minimum Gasteiger partial charge on any atom is -0.493 e. The molecule has 0 radical (unpaired) electrons. The van der Waals surface area contributed by atoms with Gasteiger partial charge in [-0.25, -0.2) is 4.79 Å². The lowest BCUT2D eigenvalue weighted by molar-refractivity contribution is -0.149. The van der Waals surface area contributed by atoms with Crippen LogP contribution in [0.15, 0.2) is 12.0 Å². The van der Waals surface area contributed by atoms with Gasteiger partial charge in [0.05, 0.1) is 6.54 Å². The predicted octanol–water partition coefficient (Wildman–Crippen LogP) is -0.941. The van der Waals surface area contributed by atoms with E-state index < -0.39 is 18.5 Å². The quantitative estimate of drug-likeness (QED) is 0.611. The second-order valence-electron chi connectivity index (χ2n) is 4.28. The van der Waals surface area contributed by atoms with Gasteiger partial charge in [0.1, 0.15) is 19.5 Å². The van der Waals surface area contributed by atoms with Crippen molar-refractivity contribution in [3.05, 3.63) is 12.0 Å². The fourth-order valence-electron chi connectivity index (χ4n) is 1.28. The number of carbonyl (C=O) groups excluding carboxylic acids is 3. The van der Waals surface area contributed by atoms with Gasteiger partial charge in [0.25, 0.3) is 5.91 Å². The number of ether oxygens (including phenoxy) is 3. The summed E-state index contributed by atoms with van der Waals surface area (Å²) in [6.07, 6.45) is 1.14. The SMILES string of the molecule is CC(C)NC(=O)CNC(=O)COC(=O)C1=COCCO1. The Morgan fingerprint density at radius 1 is 1.30 bits per heavy atom. The van der Waals surface area contributed by atoms with Gasteiger partial charge < -0.3 is 24.8 Å². The molecule has 1 rings (SSSR count).